The number of benzene rings is 1. The fourth-order valence-electron chi connectivity index (χ4n) is 2.28. The highest BCUT2D eigenvalue weighted by molar-refractivity contribution is 7.98. The van der Waals surface area contributed by atoms with Crippen molar-refractivity contribution in [1.82, 2.24) is 14.6 Å². The van der Waals surface area contributed by atoms with Crippen molar-refractivity contribution in [3.05, 3.63) is 35.0 Å². The number of nitrogens with zero attached hydrogens (tertiary/aromatic N) is 3. The molecule has 0 saturated carbocycles. The molecule has 0 amide bonds. The Hall–Kier alpha value is -1.58. The summed E-state index contributed by atoms with van der Waals surface area (Å²) in [5.41, 5.74) is 0.966. The minimum absolute atomic E-state index is 0.0928. The van der Waals surface area contributed by atoms with Gasteiger partial charge in [-0.1, -0.05) is 31.3 Å². The second kappa shape index (κ2) is 6.38. The minimum atomic E-state index is -3.78. The van der Waals surface area contributed by atoms with E-state index in [4.69, 9.17) is 0 Å². The van der Waals surface area contributed by atoms with E-state index in [-0.39, 0.29) is 10.9 Å². The highest BCUT2D eigenvalue weighted by atomic mass is 32.2. The van der Waals surface area contributed by atoms with Gasteiger partial charge in [0.1, 0.15) is 5.01 Å². The number of rotatable bonds is 5. The summed E-state index contributed by atoms with van der Waals surface area (Å²) in [4.78, 5) is 5.93. The lowest BCUT2D eigenvalue weighted by molar-refractivity contribution is 0.592. The lowest BCUT2D eigenvalue weighted by Crippen LogP contribution is -2.16. The molecule has 2 heterocycles. The molecule has 0 spiro atoms. The van der Waals surface area contributed by atoms with Gasteiger partial charge < -0.3 is 0 Å². The fourth-order valence-corrected chi connectivity index (χ4v) is 5.06. The van der Waals surface area contributed by atoms with Crippen molar-refractivity contribution in [2.24, 2.45) is 0 Å². The Balaban J connectivity index is 2.05. The summed E-state index contributed by atoms with van der Waals surface area (Å²) in [6, 6.07) is 7.28. The van der Waals surface area contributed by atoms with E-state index in [1.165, 1.54) is 15.9 Å². The third-order valence-corrected chi connectivity index (χ3v) is 6.83. The molecular formula is C15H18N4O2S3. The van der Waals surface area contributed by atoms with E-state index in [1.54, 1.807) is 30.8 Å². The van der Waals surface area contributed by atoms with Crippen molar-refractivity contribution in [2.75, 3.05) is 11.0 Å². The molecule has 0 aliphatic carbocycles. The van der Waals surface area contributed by atoms with Crippen molar-refractivity contribution in [2.45, 2.75) is 36.6 Å². The van der Waals surface area contributed by atoms with Gasteiger partial charge in [-0.2, -0.15) is 18.0 Å². The second-order valence-corrected chi connectivity index (χ2v) is 9.09. The standard InChI is InChI=1S/C15H18N4O2S3/c1-9(2)13-17-19-14(10(3)16-15(19)23-13)24(20,21)18-11-6-5-7-12(8-11)22-4/h5-9,18H,1-4H3. The molecule has 24 heavy (non-hydrogen) atoms. The Morgan fingerprint density at radius 2 is 2.08 bits per heavy atom. The van der Waals surface area contributed by atoms with Crippen LogP contribution in [-0.2, 0) is 10.0 Å². The normalized spacial score (nSPS) is 12.2. The molecule has 0 bridgehead atoms. The van der Waals surface area contributed by atoms with E-state index < -0.39 is 10.0 Å². The largest absolute Gasteiger partial charge is 0.281 e. The van der Waals surface area contributed by atoms with Gasteiger partial charge in [0.05, 0.1) is 5.69 Å². The maximum absolute atomic E-state index is 12.9. The molecule has 128 valence electrons. The fraction of sp³-hybridized carbons (Fsp3) is 0.333. The van der Waals surface area contributed by atoms with Crippen LogP contribution in [-0.4, -0.2) is 29.3 Å². The van der Waals surface area contributed by atoms with Crippen molar-refractivity contribution in [1.29, 1.82) is 0 Å². The van der Waals surface area contributed by atoms with Crippen LogP contribution in [0.15, 0.2) is 34.2 Å². The number of thioether (sulfide) groups is 1. The molecule has 0 atom stereocenters. The van der Waals surface area contributed by atoms with E-state index >= 15 is 0 Å². The smallest absolute Gasteiger partial charge is 0.278 e. The van der Waals surface area contributed by atoms with Crippen molar-refractivity contribution >= 4 is 43.8 Å². The Morgan fingerprint density at radius 1 is 1.33 bits per heavy atom. The monoisotopic (exact) mass is 382 g/mol. The lowest BCUT2D eigenvalue weighted by atomic mass is 10.2. The third kappa shape index (κ3) is 3.15. The van der Waals surface area contributed by atoms with Crippen molar-refractivity contribution < 1.29 is 8.42 Å². The molecular weight excluding hydrogens is 364 g/mol. The number of hydrogen-bond donors (Lipinski definition) is 1. The first-order valence-electron chi connectivity index (χ1n) is 7.34. The van der Waals surface area contributed by atoms with Gasteiger partial charge in [-0.25, -0.2) is 4.98 Å². The number of anilines is 1. The average molecular weight is 383 g/mol. The zero-order valence-electron chi connectivity index (χ0n) is 13.8. The number of nitrogens with one attached hydrogen (secondary N) is 1. The van der Waals surface area contributed by atoms with Gasteiger partial charge >= 0.3 is 0 Å². The number of aromatic nitrogens is 3. The van der Waals surface area contributed by atoms with E-state index in [0.29, 0.717) is 16.3 Å². The first-order valence-corrected chi connectivity index (χ1v) is 10.9. The van der Waals surface area contributed by atoms with Crippen LogP contribution in [0.1, 0.15) is 30.5 Å². The summed E-state index contributed by atoms with van der Waals surface area (Å²) in [7, 11) is -3.78. The summed E-state index contributed by atoms with van der Waals surface area (Å²) in [5, 5.41) is 5.38. The predicted octanol–water partition coefficient (Wildman–Crippen LogP) is 3.75. The summed E-state index contributed by atoms with van der Waals surface area (Å²) >= 11 is 2.97. The molecule has 0 fully saturated rings. The molecule has 0 aliphatic heterocycles. The van der Waals surface area contributed by atoms with Crippen LogP contribution in [0.3, 0.4) is 0 Å². The topological polar surface area (TPSA) is 76.4 Å². The quantitative estimate of drug-likeness (QED) is 0.680. The first-order chi connectivity index (χ1) is 11.3. The van der Waals surface area contributed by atoms with E-state index in [1.807, 2.05) is 32.2 Å². The zero-order chi connectivity index (χ0) is 17.5. The SMILES string of the molecule is CSc1cccc(NS(=O)(=O)c2c(C)nc3sc(C(C)C)nn23)c1. The number of hydrogen-bond acceptors (Lipinski definition) is 6. The van der Waals surface area contributed by atoms with Crippen LogP contribution in [0.25, 0.3) is 4.96 Å². The van der Waals surface area contributed by atoms with Gasteiger partial charge in [-0.15, -0.1) is 11.8 Å². The number of fused-ring (bicyclic) bond motifs is 1. The van der Waals surface area contributed by atoms with Crippen LogP contribution < -0.4 is 4.72 Å². The van der Waals surface area contributed by atoms with E-state index in [9.17, 15) is 8.42 Å². The highest BCUT2D eigenvalue weighted by Gasteiger charge is 2.26. The Bertz CT molecular complexity index is 989. The predicted molar refractivity (Wildman–Crippen MR) is 98.7 cm³/mol. The van der Waals surface area contributed by atoms with Crippen LogP contribution in [0.5, 0.6) is 0 Å². The third-order valence-electron chi connectivity index (χ3n) is 3.41. The molecule has 1 N–H and O–H groups in total. The van der Waals surface area contributed by atoms with E-state index in [2.05, 4.69) is 14.8 Å². The van der Waals surface area contributed by atoms with Gasteiger partial charge in [-0.05, 0) is 31.4 Å². The number of imidazole rings is 1. The summed E-state index contributed by atoms with van der Waals surface area (Å²) in [5.74, 6) is 0.221. The molecule has 0 radical (unpaired) electrons. The van der Waals surface area contributed by atoms with Gasteiger partial charge in [0.25, 0.3) is 10.0 Å². The summed E-state index contributed by atoms with van der Waals surface area (Å²) in [6.07, 6.45) is 1.95. The maximum atomic E-state index is 12.9. The Morgan fingerprint density at radius 3 is 2.75 bits per heavy atom. The minimum Gasteiger partial charge on any atom is -0.278 e. The lowest BCUT2D eigenvalue weighted by Gasteiger charge is -2.08. The molecule has 0 saturated heterocycles. The second-order valence-electron chi connectivity index (χ2n) is 5.63. The van der Waals surface area contributed by atoms with Crippen molar-refractivity contribution in [3.63, 3.8) is 0 Å². The van der Waals surface area contributed by atoms with Crippen LogP contribution in [0, 0.1) is 6.92 Å². The molecule has 3 rings (SSSR count). The number of aryl methyl sites for hydroxylation is 1. The highest BCUT2D eigenvalue weighted by Crippen LogP contribution is 2.28. The molecule has 0 aliphatic rings. The average Bonchev–Trinajstić information content (AvgIpc) is 3.03. The molecule has 0 unspecified atom stereocenters. The van der Waals surface area contributed by atoms with Crippen LogP contribution in [0.2, 0.25) is 0 Å². The Labute approximate surface area is 149 Å². The van der Waals surface area contributed by atoms with Gasteiger partial charge in [0, 0.05) is 16.5 Å². The van der Waals surface area contributed by atoms with E-state index in [0.717, 1.165) is 9.90 Å². The summed E-state index contributed by atoms with van der Waals surface area (Å²) in [6.45, 7) is 5.72. The van der Waals surface area contributed by atoms with Crippen LogP contribution in [0.4, 0.5) is 5.69 Å². The maximum Gasteiger partial charge on any atom is 0.281 e. The molecule has 2 aromatic heterocycles. The Kier molecular flexibility index (Phi) is 4.58. The van der Waals surface area contributed by atoms with Gasteiger partial charge in [0.2, 0.25) is 9.99 Å². The summed E-state index contributed by atoms with van der Waals surface area (Å²) < 4.78 is 29.8. The molecule has 3 aromatic rings. The number of sulfonamides is 1. The molecule has 9 heteroatoms. The molecule has 1 aromatic carbocycles. The van der Waals surface area contributed by atoms with Gasteiger partial charge in [-0.3, -0.25) is 4.72 Å². The zero-order valence-corrected chi connectivity index (χ0v) is 16.2. The first kappa shape index (κ1) is 17.2. The molecule has 6 nitrogen and oxygen atoms in total. The van der Waals surface area contributed by atoms with Gasteiger partial charge in [0.15, 0.2) is 0 Å². The van der Waals surface area contributed by atoms with Crippen molar-refractivity contribution in [3.8, 4) is 0 Å². The van der Waals surface area contributed by atoms with Crippen LogP contribution >= 0.6 is 23.1 Å².